The van der Waals surface area contributed by atoms with Crippen LogP contribution in [0.2, 0.25) is 0 Å². The lowest BCUT2D eigenvalue weighted by Gasteiger charge is -2.30. The van der Waals surface area contributed by atoms with Crippen LogP contribution in [0.25, 0.3) is 87.5 Å². The van der Waals surface area contributed by atoms with Gasteiger partial charge < -0.3 is 0 Å². The number of fused-ring (bicyclic) bond motifs is 6. The fourth-order valence-electron chi connectivity index (χ4n) is 8.98. The molecule has 0 atom stereocenters. The first-order chi connectivity index (χ1) is 28.1. The van der Waals surface area contributed by atoms with E-state index in [1.54, 1.807) is 0 Å². The lowest BCUT2D eigenvalue weighted by atomic mass is 9.72. The summed E-state index contributed by atoms with van der Waals surface area (Å²) in [5.74, 6) is 0.702. The Bertz CT molecular complexity index is 3100. The number of thiophene rings is 1. The molecule has 0 bridgehead atoms. The second-order valence-corrected chi connectivity index (χ2v) is 16.1. The molecule has 0 radical (unpaired) electrons. The van der Waals surface area contributed by atoms with Gasteiger partial charge in [0.05, 0.1) is 11.4 Å². The summed E-state index contributed by atoms with van der Waals surface area (Å²) in [6.07, 6.45) is 0. The summed E-state index contributed by atoms with van der Waals surface area (Å²) >= 11 is 1.85. The van der Waals surface area contributed by atoms with Crippen LogP contribution in [0.3, 0.4) is 0 Å². The molecule has 0 saturated heterocycles. The molecule has 3 heteroatoms. The standard InChI is InChI=1S/C54H36N2S/c1-54(46-24-12-8-20-41(46)42-21-9-13-25-47(42)54)48-26-14-10-23-44(48)50-34-49(55-53(56-50)36-18-6-3-7-19-36)40-31-38(35-16-4-2-5-17-35)30-39(32-40)37-28-29-52-45(33-37)43-22-11-15-27-51(43)57-52/h2-34H,1H3. The van der Waals surface area contributed by atoms with Crippen LogP contribution < -0.4 is 0 Å². The minimum Gasteiger partial charge on any atom is -0.228 e. The average molecular weight is 745 g/mol. The van der Waals surface area contributed by atoms with Crippen molar-refractivity contribution < 1.29 is 0 Å². The van der Waals surface area contributed by atoms with Crippen molar-refractivity contribution in [3.05, 3.63) is 217 Å². The van der Waals surface area contributed by atoms with E-state index in [-0.39, 0.29) is 5.41 Å². The van der Waals surface area contributed by atoms with E-state index in [1.165, 1.54) is 53.6 Å². The van der Waals surface area contributed by atoms with Crippen LogP contribution in [0.4, 0.5) is 0 Å². The molecule has 11 rings (SSSR count). The number of hydrogen-bond acceptors (Lipinski definition) is 3. The Balaban J connectivity index is 1.14. The van der Waals surface area contributed by atoms with Crippen molar-refractivity contribution in [3.63, 3.8) is 0 Å². The van der Waals surface area contributed by atoms with E-state index in [4.69, 9.17) is 9.97 Å². The van der Waals surface area contributed by atoms with Crippen LogP contribution in [0.15, 0.2) is 200 Å². The molecule has 2 heterocycles. The maximum Gasteiger partial charge on any atom is 0.160 e. The molecule has 0 unspecified atom stereocenters. The van der Waals surface area contributed by atoms with Gasteiger partial charge in [-0.2, -0.15) is 0 Å². The third-order valence-corrected chi connectivity index (χ3v) is 12.9. The van der Waals surface area contributed by atoms with E-state index in [0.717, 1.165) is 44.8 Å². The summed E-state index contributed by atoms with van der Waals surface area (Å²) in [5.41, 5.74) is 15.6. The van der Waals surface area contributed by atoms with Crippen LogP contribution in [0.5, 0.6) is 0 Å². The summed E-state index contributed by atoms with van der Waals surface area (Å²) in [4.78, 5) is 10.7. The zero-order valence-corrected chi connectivity index (χ0v) is 32.2. The van der Waals surface area contributed by atoms with Gasteiger partial charge in [0.25, 0.3) is 0 Å². The Morgan fingerprint density at radius 2 is 0.860 bits per heavy atom. The number of nitrogens with zero attached hydrogens (tertiary/aromatic N) is 2. The Kier molecular flexibility index (Phi) is 7.84. The molecule has 1 aliphatic rings. The van der Waals surface area contributed by atoms with Crippen molar-refractivity contribution >= 4 is 31.5 Å². The second kappa shape index (κ2) is 13.4. The van der Waals surface area contributed by atoms with Crippen molar-refractivity contribution in [2.24, 2.45) is 0 Å². The molecule has 0 spiro atoms. The van der Waals surface area contributed by atoms with Crippen molar-refractivity contribution in [3.8, 4) is 67.3 Å². The van der Waals surface area contributed by atoms with Gasteiger partial charge in [0.1, 0.15) is 0 Å². The molecule has 2 nitrogen and oxygen atoms in total. The van der Waals surface area contributed by atoms with Gasteiger partial charge in [-0.25, -0.2) is 9.97 Å². The fourth-order valence-corrected chi connectivity index (χ4v) is 10.1. The highest BCUT2D eigenvalue weighted by Crippen LogP contribution is 2.54. The van der Waals surface area contributed by atoms with Gasteiger partial charge in [0, 0.05) is 42.3 Å². The third kappa shape index (κ3) is 5.54. The molecule has 0 fully saturated rings. The zero-order valence-electron chi connectivity index (χ0n) is 31.4. The van der Waals surface area contributed by atoms with E-state index in [1.807, 2.05) is 17.4 Å². The van der Waals surface area contributed by atoms with Crippen molar-refractivity contribution in [2.75, 3.05) is 0 Å². The van der Waals surface area contributed by atoms with E-state index < -0.39 is 0 Å². The minimum atomic E-state index is -0.382. The largest absolute Gasteiger partial charge is 0.228 e. The average Bonchev–Trinajstić information content (AvgIpc) is 3.79. The lowest BCUT2D eigenvalue weighted by molar-refractivity contribution is 0.715. The van der Waals surface area contributed by atoms with E-state index in [9.17, 15) is 0 Å². The lowest BCUT2D eigenvalue weighted by Crippen LogP contribution is -2.23. The maximum atomic E-state index is 5.38. The first-order valence-electron chi connectivity index (χ1n) is 19.5. The highest BCUT2D eigenvalue weighted by molar-refractivity contribution is 7.25. The van der Waals surface area contributed by atoms with E-state index in [2.05, 4.69) is 201 Å². The Hall–Kier alpha value is -6.94. The molecule has 0 aliphatic heterocycles. The smallest absolute Gasteiger partial charge is 0.160 e. The molecule has 1 aliphatic carbocycles. The molecule has 10 aromatic rings. The van der Waals surface area contributed by atoms with Gasteiger partial charge in [-0.05, 0) is 99.5 Å². The predicted molar refractivity (Wildman–Crippen MR) is 240 cm³/mol. The monoisotopic (exact) mass is 744 g/mol. The molecular weight excluding hydrogens is 709 g/mol. The highest BCUT2D eigenvalue weighted by atomic mass is 32.1. The Morgan fingerprint density at radius 1 is 0.351 bits per heavy atom. The van der Waals surface area contributed by atoms with Crippen LogP contribution in [0, 0.1) is 0 Å². The van der Waals surface area contributed by atoms with Crippen LogP contribution >= 0.6 is 11.3 Å². The molecule has 2 aromatic heterocycles. The molecule has 0 amide bonds. The Morgan fingerprint density at radius 3 is 1.56 bits per heavy atom. The van der Waals surface area contributed by atoms with E-state index in [0.29, 0.717) is 5.82 Å². The van der Waals surface area contributed by atoms with Gasteiger partial charge in [0.2, 0.25) is 0 Å². The Labute approximate surface area is 336 Å². The summed E-state index contributed by atoms with van der Waals surface area (Å²) in [6.45, 7) is 2.37. The van der Waals surface area contributed by atoms with E-state index >= 15 is 0 Å². The molecular formula is C54H36N2S. The first kappa shape index (κ1) is 33.4. The number of rotatable bonds is 6. The molecule has 8 aromatic carbocycles. The van der Waals surface area contributed by atoms with Crippen molar-refractivity contribution in [1.29, 1.82) is 0 Å². The first-order valence-corrected chi connectivity index (χ1v) is 20.3. The molecule has 268 valence electrons. The summed E-state index contributed by atoms with van der Waals surface area (Å²) in [7, 11) is 0. The number of aromatic nitrogens is 2. The molecule has 0 N–H and O–H groups in total. The van der Waals surface area contributed by atoms with Gasteiger partial charge >= 0.3 is 0 Å². The van der Waals surface area contributed by atoms with Crippen LogP contribution in [-0.2, 0) is 5.41 Å². The number of hydrogen-bond donors (Lipinski definition) is 0. The number of benzene rings is 8. The highest BCUT2D eigenvalue weighted by Gasteiger charge is 2.41. The summed E-state index contributed by atoms with van der Waals surface area (Å²) < 4.78 is 2.61. The van der Waals surface area contributed by atoms with Gasteiger partial charge in [-0.15, -0.1) is 11.3 Å². The quantitative estimate of drug-likeness (QED) is 0.169. The third-order valence-electron chi connectivity index (χ3n) is 11.8. The fraction of sp³-hybridized carbons (Fsp3) is 0.0370. The van der Waals surface area contributed by atoms with Crippen molar-refractivity contribution in [1.82, 2.24) is 9.97 Å². The summed E-state index contributed by atoms with van der Waals surface area (Å²) in [6, 6.07) is 72.3. The van der Waals surface area contributed by atoms with Gasteiger partial charge in [-0.3, -0.25) is 0 Å². The zero-order chi connectivity index (χ0) is 37.9. The van der Waals surface area contributed by atoms with Crippen LogP contribution in [-0.4, -0.2) is 9.97 Å². The predicted octanol–water partition coefficient (Wildman–Crippen LogP) is 14.5. The molecule has 57 heavy (non-hydrogen) atoms. The topological polar surface area (TPSA) is 25.8 Å². The normalized spacial score (nSPS) is 12.8. The maximum absolute atomic E-state index is 5.38. The molecule has 0 saturated carbocycles. The SMILES string of the molecule is CC1(c2ccccc2-c2cc(-c3cc(-c4ccccc4)cc(-c4ccc5sc6ccccc6c5c4)c3)nc(-c3ccccc3)n2)c2ccccc2-c2ccccc21. The minimum absolute atomic E-state index is 0.382. The van der Waals surface area contributed by atoms with Gasteiger partial charge in [0.15, 0.2) is 5.82 Å². The van der Waals surface area contributed by atoms with Crippen LogP contribution in [0.1, 0.15) is 23.6 Å². The second-order valence-electron chi connectivity index (χ2n) is 15.1. The van der Waals surface area contributed by atoms with Crippen molar-refractivity contribution in [2.45, 2.75) is 12.3 Å². The summed E-state index contributed by atoms with van der Waals surface area (Å²) in [5, 5.41) is 2.59. The van der Waals surface area contributed by atoms with Gasteiger partial charge in [-0.1, -0.05) is 158 Å².